The van der Waals surface area contributed by atoms with Crippen LogP contribution in [0.5, 0.6) is 0 Å². The zero-order chi connectivity index (χ0) is 18.1. The second kappa shape index (κ2) is 7.04. The van der Waals surface area contributed by atoms with Crippen molar-refractivity contribution in [1.82, 2.24) is 4.57 Å². The summed E-state index contributed by atoms with van der Waals surface area (Å²) in [5, 5.41) is 1.98. The summed E-state index contributed by atoms with van der Waals surface area (Å²) < 4.78 is 38.8. The molecule has 24 heavy (non-hydrogen) atoms. The van der Waals surface area contributed by atoms with Crippen LogP contribution in [-0.2, 0) is 17.5 Å². The molecule has 1 aromatic carbocycles. The Bertz CT molecular complexity index is 850. The molecule has 10 heteroatoms. The normalized spacial score (nSPS) is 11.4. The SMILES string of the molecule is O=C(Cn1cc(C(F)(F)F)cc(Cl)c1=O)Nc1cccc(Cl)c1Cl. The highest BCUT2D eigenvalue weighted by molar-refractivity contribution is 6.44. The van der Waals surface area contributed by atoms with E-state index in [9.17, 15) is 22.8 Å². The molecule has 0 bridgehead atoms. The van der Waals surface area contributed by atoms with Crippen LogP contribution in [-0.4, -0.2) is 10.5 Å². The quantitative estimate of drug-likeness (QED) is 0.828. The first-order chi connectivity index (χ1) is 11.1. The van der Waals surface area contributed by atoms with Crippen LogP contribution >= 0.6 is 34.8 Å². The first-order valence-corrected chi connectivity index (χ1v) is 7.44. The van der Waals surface area contributed by atoms with E-state index in [1.54, 1.807) is 0 Å². The number of benzene rings is 1. The van der Waals surface area contributed by atoms with Crippen LogP contribution in [0.2, 0.25) is 15.1 Å². The molecule has 0 aliphatic carbocycles. The molecule has 0 radical (unpaired) electrons. The monoisotopic (exact) mass is 398 g/mol. The number of hydrogen-bond donors (Lipinski definition) is 1. The molecule has 0 saturated heterocycles. The van der Waals surface area contributed by atoms with E-state index in [1.165, 1.54) is 18.2 Å². The third-order valence-electron chi connectivity index (χ3n) is 2.91. The van der Waals surface area contributed by atoms with E-state index in [0.29, 0.717) is 16.8 Å². The Morgan fingerprint density at radius 1 is 1.17 bits per heavy atom. The fraction of sp³-hybridized carbons (Fsp3) is 0.143. The topological polar surface area (TPSA) is 51.1 Å². The molecule has 0 aliphatic heterocycles. The minimum absolute atomic E-state index is 0.0712. The van der Waals surface area contributed by atoms with E-state index < -0.39 is 34.8 Å². The molecule has 2 aromatic rings. The highest BCUT2D eigenvalue weighted by Crippen LogP contribution is 2.30. The van der Waals surface area contributed by atoms with Gasteiger partial charge in [0.25, 0.3) is 5.56 Å². The van der Waals surface area contributed by atoms with Gasteiger partial charge in [-0.05, 0) is 18.2 Å². The van der Waals surface area contributed by atoms with Crippen LogP contribution in [0.3, 0.4) is 0 Å². The van der Waals surface area contributed by atoms with Crippen molar-refractivity contribution in [2.75, 3.05) is 5.32 Å². The molecular weight excluding hydrogens is 392 g/mol. The van der Waals surface area contributed by atoms with Gasteiger partial charge in [0.15, 0.2) is 0 Å². The van der Waals surface area contributed by atoms with Crippen LogP contribution in [0, 0.1) is 0 Å². The molecular formula is C14H8Cl3F3N2O2. The highest BCUT2D eigenvalue weighted by atomic mass is 35.5. The lowest BCUT2D eigenvalue weighted by atomic mass is 10.2. The molecule has 0 fully saturated rings. The lowest BCUT2D eigenvalue weighted by Gasteiger charge is -2.12. The summed E-state index contributed by atoms with van der Waals surface area (Å²) in [6.45, 7) is -0.675. The van der Waals surface area contributed by atoms with E-state index in [1.807, 2.05) is 0 Å². The van der Waals surface area contributed by atoms with Crippen molar-refractivity contribution >= 4 is 46.4 Å². The summed E-state index contributed by atoms with van der Waals surface area (Å²) in [5.74, 6) is -0.767. The fourth-order valence-corrected chi connectivity index (χ4v) is 2.39. The Balaban J connectivity index is 2.27. The van der Waals surface area contributed by atoms with E-state index in [-0.39, 0.29) is 15.7 Å². The van der Waals surface area contributed by atoms with E-state index in [2.05, 4.69) is 5.32 Å². The molecule has 0 saturated carbocycles. The Kier molecular flexibility index (Phi) is 5.47. The third-order valence-corrected chi connectivity index (χ3v) is 4.00. The van der Waals surface area contributed by atoms with Crippen molar-refractivity contribution in [3.05, 3.63) is 61.4 Å². The van der Waals surface area contributed by atoms with Crippen molar-refractivity contribution < 1.29 is 18.0 Å². The van der Waals surface area contributed by atoms with Crippen molar-refractivity contribution in [1.29, 1.82) is 0 Å². The summed E-state index contributed by atoms with van der Waals surface area (Å²) >= 11 is 17.2. The number of nitrogens with one attached hydrogen (secondary N) is 1. The van der Waals surface area contributed by atoms with E-state index in [4.69, 9.17) is 34.8 Å². The number of carbonyl (C=O) groups is 1. The molecule has 0 unspecified atom stereocenters. The molecule has 1 heterocycles. The van der Waals surface area contributed by atoms with Crippen LogP contribution < -0.4 is 10.9 Å². The molecule has 1 aromatic heterocycles. The Morgan fingerprint density at radius 2 is 1.83 bits per heavy atom. The first kappa shape index (κ1) is 18.6. The number of halogens is 6. The van der Waals surface area contributed by atoms with Crippen molar-refractivity contribution in [3.8, 4) is 0 Å². The standard InChI is InChI=1S/C14H8Cl3F3N2O2/c15-8-2-1-3-10(12(8)17)21-11(23)6-22-5-7(14(18,19)20)4-9(16)13(22)24/h1-5H,6H2,(H,21,23). The maximum Gasteiger partial charge on any atom is 0.417 e. The highest BCUT2D eigenvalue weighted by Gasteiger charge is 2.32. The third kappa shape index (κ3) is 4.23. The number of aromatic nitrogens is 1. The molecule has 1 N–H and O–H groups in total. The molecule has 0 spiro atoms. The van der Waals surface area contributed by atoms with Gasteiger partial charge in [-0.1, -0.05) is 40.9 Å². The zero-order valence-corrected chi connectivity index (χ0v) is 13.9. The maximum atomic E-state index is 12.8. The second-order valence-electron chi connectivity index (χ2n) is 4.66. The summed E-state index contributed by atoms with van der Waals surface area (Å²) in [5.41, 5.74) is -1.89. The molecule has 2 rings (SSSR count). The molecule has 4 nitrogen and oxygen atoms in total. The van der Waals surface area contributed by atoms with Crippen LogP contribution in [0.25, 0.3) is 0 Å². The molecule has 0 atom stereocenters. The smallest absolute Gasteiger partial charge is 0.323 e. The number of alkyl halides is 3. The van der Waals surface area contributed by atoms with Crippen molar-refractivity contribution in [3.63, 3.8) is 0 Å². The fourth-order valence-electron chi connectivity index (χ4n) is 1.82. The predicted molar refractivity (Wildman–Crippen MR) is 85.8 cm³/mol. The zero-order valence-electron chi connectivity index (χ0n) is 11.6. The Hall–Kier alpha value is -1.70. The van der Waals surface area contributed by atoms with Crippen LogP contribution in [0.4, 0.5) is 18.9 Å². The molecule has 0 aliphatic rings. The van der Waals surface area contributed by atoms with Gasteiger partial charge in [-0.2, -0.15) is 13.2 Å². The largest absolute Gasteiger partial charge is 0.417 e. The van der Waals surface area contributed by atoms with E-state index in [0.717, 1.165) is 0 Å². The second-order valence-corrected chi connectivity index (χ2v) is 5.85. The summed E-state index contributed by atoms with van der Waals surface area (Å²) in [6, 6.07) is 4.98. The number of nitrogens with zero attached hydrogens (tertiary/aromatic N) is 1. The van der Waals surface area contributed by atoms with Gasteiger partial charge < -0.3 is 9.88 Å². The lowest BCUT2D eigenvalue weighted by molar-refractivity contribution is -0.138. The van der Waals surface area contributed by atoms with Gasteiger partial charge >= 0.3 is 6.18 Å². The number of amides is 1. The minimum atomic E-state index is -4.70. The van der Waals surface area contributed by atoms with Crippen LogP contribution in [0.15, 0.2) is 35.3 Å². The van der Waals surface area contributed by atoms with Crippen LogP contribution in [0.1, 0.15) is 5.56 Å². The van der Waals surface area contributed by atoms with Gasteiger partial charge in [-0.3, -0.25) is 9.59 Å². The van der Waals surface area contributed by atoms with Gasteiger partial charge in [0.05, 0.1) is 21.3 Å². The summed E-state index contributed by atoms with van der Waals surface area (Å²) in [4.78, 5) is 23.8. The predicted octanol–water partition coefficient (Wildman–Crippen LogP) is 4.47. The molecule has 1 amide bonds. The number of rotatable bonds is 3. The van der Waals surface area contributed by atoms with Gasteiger partial charge in [-0.25, -0.2) is 0 Å². The Morgan fingerprint density at radius 3 is 2.46 bits per heavy atom. The number of anilines is 1. The average Bonchev–Trinajstić information content (AvgIpc) is 2.47. The lowest BCUT2D eigenvalue weighted by Crippen LogP contribution is -2.29. The Labute approximate surface area is 148 Å². The average molecular weight is 400 g/mol. The minimum Gasteiger partial charge on any atom is -0.323 e. The van der Waals surface area contributed by atoms with Crippen molar-refractivity contribution in [2.24, 2.45) is 0 Å². The molecule has 128 valence electrons. The number of carbonyl (C=O) groups excluding carboxylic acids is 1. The van der Waals surface area contributed by atoms with Gasteiger partial charge in [-0.15, -0.1) is 0 Å². The maximum absolute atomic E-state index is 12.8. The van der Waals surface area contributed by atoms with Gasteiger partial charge in [0.2, 0.25) is 5.91 Å². The number of pyridine rings is 1. The first-order valence-electron chi connectivity index (χ1n) is 6.30. The van der Waals surface area contributed by atoms with Crippen molar-refractivity contribution in [2.45, 2.75) is 12.7 Å². The van der Waals surface area contributed by atoms with Gasteiger partial charge in [0, 0.05) is 6.20 Å². The summed E-state index contributed by atoms with van der Waals surface area (Å²) in [6.07, 6.45) is -4.18. The number of hydrogen-bond acceptors (Lipinski definition) is 2. The van der Waals surface area contributed by atoms with E-state index >= 15 is 0 Å². The summed E-state index contributed by atoms with van der Waals surface area (Å²) in [7, 11) is 0. The van der Waals surface area contributed by atoms with Gasteiger partial charge in [0.1, 0.15) is 11.6 Å².